The second-order valence-corrected chi connectivity index (χ2v) is 8.53. The van der Waals surface area contributed by atoms with Gasteiger partial charge in [-0.3, -0.25) is 9.89 Å². The number of aromatic amines is 1. The van der Waals surface area contributed by atoms with Crippen LogP contribution in [0.25, 0.3) is 11.3 Å². The van der Waals surface area contributed by atoms with Crippen molar-refractivity contribution in [1.82, 2.24) is 15.5 Å². The average molecular weight is 410 g/mol. The third-order valence-electron chi connectivity index (χ3n) is 5.78. The molecule has 2 aliphatic rings. The van der Waals surface area contributed by atoms with Crippen molar-refractivity contribution in [1.29, 1.82) is 0 Å². The molecule has 150 valence electrons. The molecule has 0 saturated carbocycles. The van der Waals surface area contributed by atoms with Gasteiger partial charge in [0.1, 0.15) is 11.4 Å². The fourth-order valence-electron chi connectivity index (χ4n) is 4.26. The van der Waals surface area contributed by atoms with Gasteiger partial charge in [-0.25, -0.2) is 0 Å². The van der Waals surface area contributed by atoms with Crippen molar-refractivity contribution >= 4 is 17.2 Å². The molecule has 2 N–H and O–H groups in total. The molecule has 5 rings (SSSR count). The maximum Gasteiger partial charge on any atom is 0.224 e. The molecule has 0 bridgehead atoms. The lowest BCUT2D eigenvalue weighted by atomic mass is 9.81. The van der Waals surface area contributed by atoms with Gasteiger partial charge in [-0.1, -0.05) is 0 Å². The fraction of sp³-hybridized carbons (Fsp3) is 0.364. The predicted molar refractivity (Wildman–Crippen MR) is 111 cm³/mol. The van der Waals surface area contributed by atoms with E-state index in [1.54, 1.807) is 17.5 Å². The van der Waals surface area contributed by atoms with Crippen LogP contribution in [0.1, 0.15) is 36.4 Å². The first kappa shape index (κ1) is 18.4. The monoisotopic (exact) mass is 409 g/mol. The summed E-state index contributed by atoms with van der Waals surface area (Å²) >= 11 is 1.61. The van der Waals surface area contributed by atoms with Gasteiger partial charge in [-0.05, 0) is 46.7 Å². The molecule has 2 aliphatic heterocycles. The van der Waals surface area contributed by atoms with Crippen LogP contribution in [0.5, 0.6) is 5.75 Å². The third kappa shape index (κ3) is 3.80. The highest BCUT2D eigenvalue weighted by Crippen LogP contribution is 2.45. The number of hydrogen-bond acceptors (Lipinski definition) is 5. The molecule has 1 spiro atoms. The lowest BCUT2D eigenvalue weighted by molar-refractivity contribution is -0.122. The summed E-state index contributed by atoms with van der Waals surface area (Å²) in [6, 6.07) is 10.00. The highest BCUT2D eigenvalue weighted by atomic mass is 32.1. The average Bonchev–Trinajstić information content (AvgIpc) is 3.42. The molecule has 1 atom stereocenters. The number of hydrogen-bond donors (Lipinski definition) is 2. The van der Waals surface area contributed by atoms with E-state index < -0.39 is 0 Å². The Hall–Kier alpha value is -2.64. The standard InChI is InChI=1S/C22H23N3O3S/c26-21(11-15-4-10-29-14-15)24-19-13-22(5-8-27-9-6-22)28-20-2-1-16(12-17(19)20)18-3-7-23-25-18/h1-4,7,10,12,14,19H,5-6,8-9,11,13H2,(H,23,25)(H,24,26). The number of thiophene rings is 1. The first-order chi connectivity index (χ1) is 14.2. The first-order valence-corrected chi connectivity index (χ1v) is 10.9. The van der Waals surface area contributed by atoms with E-state index in [1.165, 1.54) is 0 Å². The summed E-state index contributed by atoms with van der Waals surface area (Å²) in [5, 5.41) is 14.4. The minimum absolute atomic E-state index is 0.0374. The van der Waals surface area contributed by atoms with Gasteiger partial charge in [-0.15, -0.1) is 0 Å². The number of amides is 1. The van der Waals surface area contributed by atoms with E-state index in [0.717, 1.165) is 47.4 Å². The largest absolute Gasteiger partial charge is 0.487 e. The maximum atomic E-state index is 12.8. The quantitative estimate of drug-likeness (QED) is 0.686. The van der Waals surface area contributed by atoms with E-state index in [1.807, 2.05) is 35.0 Å². The molecular weight excluding hydrogens is 386 g/mol. The van der Waals surface area contributed by atoms with Crippen LogP contribution in [0.3, 0.4) is 0 Å². The molecule has 0 aliphatic carbocycles. The molecule has 1 saturated heterocycles. The number of fused-ring (bicyclic) bond motifs is 1. The molecule has 29 heavy (non-hydrogen) atoms. The second kappa shape index (κ2) is 7.65. The molecule has 7 heteroatoms. The fourth-order valence-corrected chi connectivity index (χ4v) is 4.93. The van der Waals surface area contributed by atoms with E-state index in [4.69, 9.17) is 9.47 Å². The van der Waals surface area contributed by atoms with Crippen LogP contribution < -0.4 is 10.1 Å². The van der Waals surface area contributed by atoms with Crippen molar-refractivity contribution in [2.45, 2.75) is 37.3 Å². The van der Waals surface area contributed by atoms with Crippen molar-refractivity contribution in [3.8, 4) is 17.0 Å². The summed E-state index contributed by atoms with van der Waals surface area (Å²) in [6.45, 7) is 1.38. The van der Waals surface area contributed by atoms with Crippen LogP contribution in [0, 0.1) is 0 Å². The lowest BCUT2D eigenvalue weighted by Gasteiger charge is -2.44. The van der Waals surface area contributed by atoms with E-state index >= 15 is 0 Å². The highest BCUT2D eigenvalue weighted by Gasteiger charge is 2.42. The second-order valence-electron chi connectivity index (χ2n) is 7.75. The Balaban J connectivity index is 1.46. The van der Waals surface area contributed by atoms with E-state index in [2.05, 4.69) is 21.6 Å². The molecule has 1 aromatic carbocycles. The molecule has 6 nitrogen and oxygen atoms in total. The van der Waals surface area contributed by atoms with Gasteiger partial charge >= 0.3 is 0 Å². The number of ether oxygens (including phenoxy) is 2. The van der Waals surface area contributed by atoms with E-state index in [0.29, 0.717) is 19.6 Å². The molecule has 3 aromatic rings. The predicted octanol–water partition coefficient (Wildman–Crippen LogP) is 3.87. The van der Waals surface area contributed by atoms with Gasteiger partial charge in [-0.2, -0.15) is 16.4 Å². The zero-order chi connectivity index (χ0) is 19.7. The SMILES string of the molecule is O=C(Cc1ccsc1)NC1CC2(CCOCC2)Oc2ccc(-c3ccn[nH]3)cc21. The summed E-state index contributed by atoms with van der Waals surface area (Å²) in [6.07, 6.45) is 4.57. The first-order valence-electron chi connectivity index (χ1n) is 9.92. The Morgan fingerprint density at radius 3 is 2.93 bits per heavy atom. The minimum Gasteiger partial charge on any atom is -0.487 e. The molecule has 1 fully saturated rings. The molecular formula is C22H23N3O3S. The number of aromatic nitrogens is 2. The van der Waals surface area contributed by atoms with Crippen molar-refractivity contribution in [2.75, 3.05) is 13.2 Å². The van der Waals surface area contributed by atoms with Crippen LogP contribution in [-0.2, 0) is 16.0 Å². The molecule has 1 amide bonds. The van der Waals surface area contributed by atoms with Crippen molar-refractivity contribution in [3.05, 3.63) is 58.4 Å². The molecule has 4 heterocycles. The summed E-state index contributed by atoms with van der Waals surface area (Å²) in [4.78, 5) is 12.8. The summed E-state index contributed by atoms with van der Waals surface area (Å²) in [5.41, 5.74) is 3.77. The van der Waals surface area contributed by atoms with Crippen LogP contribution in [0.15, 0.2) is 47.3 Å². The Morgan fingerprint density at radius 1 is 1.28 bits per heavy atom. The van der Waals surface area contributed by atoms with Gasteiger partial charge in [0.15, 0.2) is 0 Å². The zero-order valence-corrected chi connectivity index (χ0v) is 16.8. The smallest absolute Gasteiger partial charge is 0.224 e. The number of carbonyl (C=O) groups excluding carboxylic acids is 1. The van der Waals surface area contributed by atoms with Crippen molar-refractivity contribution in [2.24, 2.45) is 0 Å². The number of benzene rings is 1. The van der Waals surface area contributed by atoms with Gasteiger partial charge in [0.25, 0.3) is 0 Å². The Labute approximate surface area is 173 Å². The normalized spacial score (nSPS) is 20.1. The number of rotatable bonds is 4. The number of H-pyrrole nitrogens is 1. The van der Waals surface area contributed by atoms with Crippen LogP contribution in [0.2, 0.25) is 0 Å². The lowest BCUT2D eigenvalue weighted by Crippen LogP contribution is -2.48. The highest BCUT2D eigenvalue weighted by molar-refractivity contribution is 7.08. The summed E-state index contributed by atoms with van der Waals surface area (Å²) in [7, 11) is 0. The van der Waals surface area contributed by atoms with Gasteiger partial charge < -0.3 is 14.8 Å². The maximum absolute atomic E-state index is 12.8. The van der Waals surface area contributed by atoms with E-state index in [-0.39, 0.29) is 17.6 Å². The topological polar surface area (TPSA) is 76.2 Å². The summed E-state index contributed by atoms with van der Waals surface area (Å²) < 4.78 is 12.1. The van der Waals surface area contributed by atoms with Crippen LogP contribution in [0.4, 0.5) is 0 Å². The molecule has 2 aromatic heterocycles. The van der Waals surface area contributed by atoms with E-state index in [9.17, 15) is 4.79 Å². The van der Waals surface area contributed by atoms with Crippen LogP contribution >= 0.6 is 11.3 Å². The zero-order valence-electron chi connectivity index (χ0n) is 16.0. The number of nitrogens with one attached hydrogen (secondary N) is 2. The molecule has 1 unspecified atom stereocenters. The Bertz CT molecular complexity index is 979. The van der Waals surface area contributed by atoms with Crippen molar-refractivity contribution < 1.29 is 14.3 Å². The minimum atomic E-state index is -0.277. The number of carbonyl (C=O) groups is 1. The third-order valence-corrected chi connectivity index (χ3v) is 6.52. The Morgan fingerprint density at radius 2 is 2.17 bits per heavy atom. The summed E-state index contributed by atoms with van der Waals surface area (Å²) in [5.74, 6) is 0.887. The van der Waals surface area contributed by atoms with Crippen molar-refractivity contribution in [3.63, 3.8) is 0 Å². The van der Waals surface area contributed by atoms with Gasteiger partial charge in [0.2, 0.25) is 5.91 Å². The van der Waals surface area contributed by atoms with Gasteiger partial charge in [0, 0.05) is 36.6 Å². The molecule has 0 radical (unpaired) electrons. The number of nitrogens with zero attached hydrogens (tertiary/aromatic N) is 1. The van der Waals surface area contributed by atoms with Gasteiger partial charge in [0.05, 0.1) is 31.4 Å². The Kier molecular flexibility index (Phi) is 4.85. The van der Waals surface area contributed by atoms with Crippen LogP contribution in [-0.4, -0.2) is 34.9 Å².